The molecule has 0 spiro atoms. The predicted molar refractivity (Wildman–Crippen MR) is 87.6 cm³/mol. The molecule has 2 aromatic heterocycles. The zero-order valence-corrected chi connectivity index (χ0v) is 14.3. The van der Waals surface area contributed by atoms with Gasteiger partial charge in [-0.15, -0.1) is 11.3 Å². The standard InChI is InChI=1S/C14H7Br2NO3S/c15-9-2-1-7(3-10(9)16)13-17-11(6-21-13)12-4-8(5-20-12)14(18)19/h1-6H,(H,18,19). The molecular weight excluding hydrogens is 422 g/mol. The van der Waals surface area contributed by atoms with Gasteiger partial charge in [-0.25, -0.2) is 9.78 Å². The van der Waals surface area contributed by atoms with E-state index >= 15 is 0 Å². The van der Waals surface area contributed by atoms with Gasteiger partial charge < -0.3 is 9.52 Å². The molecule has 0 saturated heterocycles. The summed E-state index contributed by atoms with van der Waals surface area (Å²) < 4.78 is 7.17. The van der Waals surface area contributed by atoms with Crippen LogP contribution in [0.3, 0.4) is 0 Å². The Morgan fingerprint density at radius 3 is 2.71 bits per heavy atom. The van der Waals surface area contributed by atoms with E-state index in [4.69, 9.17) is 9.52 Å². The molecule has 106 valence electrons. The van der Waals surface area contributed by atoms with Gasteiger partial charge in [0.2, 0.25) is 0 Å². The highest BCUT2D eigenvalue weighted by atomic mass is 79.9. The molecular formula is C14H7Br2NO3S. The fourth-order valence-corrected chi connectivity index (χ4v) is 3.16. The van der Waals surface area contributed by atoms with Crippen LogP contribution in [0.15, 0.2) is 49.3 Å². The van der Waals surface area contributed by atoms with E-state index in [1.165, 1.54) is 23.7 Å². The molecule has 0 amide bonds. The third kappa shape index (κ3) is 2.95. The van der Waals surface area contributed by atoms with Crippen molar-refractivity contribution in [3.63, 3.8) is 0 Å². The summed E-state index contributed by atoms with van der Waals surface area (Å²) in [5.41, 5.74) is 1.72. The molecule has 1 N–H and O–H groups in total. The first-order valence-corrected chi connectivity index (χ1v) is 8.24. The van der Waals surface area contributed by atoms with Gasteiger partial charge in [0, 0.05) is 26.0 Å². The van der Waals surface area contributed by atoms with Crippen LogP contribution in [0, 0.1) is 0 Å². The minimum Gasteiger partial charge on any atom is -0.478 e. The van der Waals surface area contributed by atoms with Crippen molar-refractivity contribution < 1.29 is 14.3 Å². The molecule has 3 aromatic rings. The minimum atomic E-state index is -1.02. The van der Waals surface area contributed by atoms with Gasteiger partial charge in [0.1, 0.15) is 17.0 Å². The van der Waals surface area contributed by atoms with Gasteiger partial charge in [0.05, 0.1) is 5.56 Å². The molecule has 0 fully saturated rings. The molecule has 0 bridgehead atoms. The summed E-state index contributed by atoms with van der Waals surface area (Å²) in [5.74, 6) is -0.566. The van der Waals surface area contributed by atoms with Gasteiger partial charge in [0.25, 0.3) is 0 Å². The fourth-order valence-electron chi connectivity index (χ4n) is 1.73. The normalized spacial score (nSPS) is 10.8. The highest BCUT2D eigenvalue weighted by Gasteiger charge is 2.13. The number of nitrogens with zero attached hydrogens (tertiary/aromatic N) is 1. The van der Waals surface area contributed by atoms with E-state index in [1.807, 2.05) is 23.6 Å². The first-order chi connectivity index (χ1) is 10.0. The Balaban J connectivity index is 1.95. The van der Waals surface area contributed by atoms with E-state index in [0.29, 0.717) is 11.5 Å². The van der Waals surface area contributed by atoms with E-state index in [0.717, 1.165) is 19.5 Å². The number of hydrogen-bond donors (Lipinski definition) is 1. The van der Waals surface area contributed by atoms with Crippen LogP contribution in [-0.2, 0) is 0 Å². The van der Waals surface area contributed by atoms with E-state index in [1.54, 1.807) is 0 Å². The number of furan rings is 1. The van der Waals surface area contributed by atoms with Gasteiger partial charge in [-0.2, -0.15) is 0 Å². The molecule has 7 heteroatoms. The monoisotopic (exact) mass is 427 g/mol. The van der Waals surface area contributed by atoms with E-state index in [2.05, 4.69) is 36.8 Å². The van der Waals surface area contributed by atoms with Crippen molar-refractivity contribution in [3.8, 4) is 22.0 Å². The van der Waals surface area contributed by atoms with Crippen molar-refractivity contribution >= 4 is 49.2 Å². The number of aromatic carboxylic acids is 1. The maximum Gasteiger partial charge on any atom is 0.338 e. The third-order valence-electron chi connectivity index (χ3n) is 2.77. The van der Waals surface area contributed by atoms with Gasteiger partial charge in [-0.3, -0.25) is 0 Å². The molecule has 1 aromatic carbocycles. The Hall–Kier alpha value is -1.44. The lowest BCUT2D eigenvalue weighted by Gasteiger charge is -1.99. The Morgan fingerprint density at radius 2 is 2.05 bits per heavy atom. The molecule has 0 saturated carbocycles. The van der Waals surface area contributed by atoms with Crippen molar-refractivity contribution in [1.82, 2.24) is 4.98 Å². The number of rotatable bonds is 3. The maximum absolute atomic E-state index is 10.9. The van der Waals surface area contributed by atoms with Crippen LogP contribution in [0.25, 0.3) is 22.0 Å². The summed E-state index contributed by atoms with van der Waals surface area (Å²) >= 11 is 8.36. The molecule has 0 aliphatic carbocycles. The minimum absolute atomic E-state index is 0.117. The van der Waals surface area contributed by atoms with Gasteiger partial charge in [-0.1, -0.05) is 6.07 Å². The van der Waals surface area contributed by atoms with Crippen LogP contribution < -0.4 is 0 Å². The summed E-state index contributed by atoms with van der Waals surface area (Å²) in [7, 11) is 0. The lowest BCUT2D eigenvalue weighted by Crippen LogP contribution is -1.91. The summed E-state index contributed by atoms with van der Waals surface area (Å²) in [6.45, 7) is 0. The van der Waals surface area contributed by atoms with E-state index in [9.17, 15) is 4.79 Å². The Kier molecular flexibility index (Phi) is 3.97. The number of hydrogen-bond acceptors (Lipinski definition) is 4. The molecule has 21 heavy (non-hydrogen) atoms. The number of thiazole rings is 1. The topological polar surface area (TPSA) is 63.3 Å². The van der Waals surface area contributed by atoms with E-state index < -0.39 is 5.97 Å². The van der Waals surface area contributed by atoms with Crippen molar-refractivity contribution in [3.05, 3.63) is 50.4 Å². The second kappa shape index (κ2) is 5.75. The highest BCUT2D eigenvalue weighted by Crippen LogP contribution is 2.33. The average molecular weight is 429 g/mol. The van der Waals surface area contributed by atoms with Crippen LogP contribution >= 0.6 is 43.2 Å². The predicted octanol–water partition coefficient (Wildman–Crippen LogP) is 5.29. The molecule has 2 heterocycles. The molecule has 0 radical (unpaired) electrons. The molecule has 0 aliphatic heterocycles. The van der Waals surface area contributed by atoms with Crippen LogP contribution in [-0.4, -0.2) is 16.1 Å². The van der Waals surface area contributed by atoms with Crippen molar-refractivity contribution in [2.24, 2.45) is 0 Å². The van der Waals surface area contributed by atoms with E-state index in [-0.39, 0.29) is 5.56 Å². The number of carbonyl (C=O) groups is 1. The second-order valence-corrected chi connectivity index (χ2v) is 6.74. The molecule has 0 unspecified atom stereocenters. The summed E-state index contributed by atoms with van der Waals surface area (Å²) in [6.07, 6.45) is 1.22. The maximum atomic E-state index is 10.9. The van der Waals surface area contributed by atoms with Crippen LogP contribution in [0.4, 0.5) is 0 Å². The molecule has 3 rings (SSSR count). The smallest absolute Gasteiger partial charge is 0.338 e. The summed E-state index contributed by atoms with van der Waals surface area (Å²) in [6, 6.07) is 7.34. The lowest BCUT2D eigenvalue weighted by atomic mass is 10.2. The zero-order valence-electron chi connectivity index (χ0n) is 10.3. The van der Waals surface area contributed by atoms with Gasteiger partial charge >= 0.3 is 5.97 Å². The lowest BCUT2D eigenvalue weighted by molar-refractivity contribution is 0.0696. The Labute approximate surface area is 140 Å². The number of aromatic nitrogens is 1. The van der Waals surface area contributed by atoms with Gasteiger partial charge in [0.15, 0.2) is 5.76 Å². The van der Waals surface area contributed by atoms with Crippen molar-refractivity contribution in [2.45, 2.75) is 0 Å². The largest absolute Gasteiger partial charge is 0.478 e. The van der Waals surface area contributed by atoms with Crippen LogP contribution in [0.1, 0.15) is 10.4 Å². The SMILES string of the molecule is O=C(O)c1coc(-c2csc(-c3ccc(Br)c(Br)c3)n2)c1. The number of carboxylic acid groups (broad SMARTS) is 1. The highest BCUT2D eigenvalue weighted by molar-refractivity contribution is 9.13. The summed E-state index contributed by atoms with van der Waals surface area (Å²) in [5, 5.41) is 11.6. The average Bonchev–Trinajstić information content (AvgIpc) is 3.09. The summed E-state index contributed by atoms with van der Waals surface area (Å²) in [4.78, 5) is 15.3. The molecule has 0 aliphatic rings. The fraction of sp³-hybridized carbons (Fsp3) is 0. The second-order valence-electron chi connectivity index (χ2n) is 4.17. The zero-order chi connectivity index (χ0) is 15.0. The first-order valence-electron chi connectivity index (χ1n) is 5.78. The van der Waals surface area contributed by atoms with Crippen LogP contribution in [0.2, 0.25) is 0 Å². The molecule has 0 atom stereocenters. The Bertz CT molecular complexity index is 825. The third-order valence-corrected chi connectivity index (χ3v) is 5.54. The Morgan fingerprint density at radius 1 is 1.24 bits per heavy atom. The quantitative estimate of drug-likeness (QED) is 0.615. The van der Waals surface area contributed by atoms with Crippen molar-refractivity contribution in [2.75, 3.05) is 0 Å². The van der Waals surface area contributed by atoms with Crippen LogP contribution in [0.5, 0.6) is 0 Å². The van der Waals surface area contributed by atoms with Crippen molar-refractivity contribution in [1.29, 1.82) is 0 Å². The molecule has 4 nitrogen and oxygen atoms in total. The van der Waals surface area contributed by atoms with Gasteiger partial charge in [-0.05, 0) is 44.0 Å². The number of benzene rings is 1. The number of halogens is 2. The first kappa shape index (κ1) is 14.5. The number of carboxylic acids is 1.